The number of carbonyl (C=O) groups excluding carboxylic acids is 1. The van der Waals surface area contributed by atoms with Crippen molar-refractivity contribution in [3.05, 3.63) is 29.3 Å². The summed E-state index contributed by atoms with van der Waals surface area (Å²) in [6.45, 7) is 0.930. The second-order valence-corrected chi connectivity index (χ2v) is 5.38. The third-order valence-electron chi connectivity index (χ3n) is 3.42. The minimum absolute atomic E-state index is 0.102. The van der Waals surface area contributed by atoms with Crippen molar-refractivity contribution >= 4 is 23.2 Å². The Hall–Kier alpha value is -1.10. The van der Waals surface area contributed by atoms with Crippen molar-refractivity contribution < 1.29 is 9.90 Å². The zero-order valence-electron chi connectivity index (χ0n) is 10.7. The lowest BCUT2D eigenvalue weighted by Gasteiger charge is -2.14. The van der Waals surface area contributed by atoms with Crippen LogP contribution in [-0.4, -0.2) is 30.2 Å². The van der Waals surface area contributed by atoms with Crippen LogP contribution in [0.3, 0.4) is 0 Å². The predicted molar refractivity (Wildman–Crippen MR) is 76.3 cm³/mol. The van der Waals surface area contributed by atoms with Crippen LogP contribution in [0, 0.1) is 5.92 Å². The summed E-state index contributed by atoms with van der Waals surface area (Å²) in [5.41, 5.74) is 0.695. The van der Waals surface area contributed by atoms with Gasteiger partial charge in [-0.2, -0.15) is 0 Å². The smallest absolute Gasteiger partial charge is 0.238 e. The number of aliphatic hydroxyl groups excluding tert-OH is 1. The summed E-state index contributed by atoms with van der Waals surface area (Å²) in [6, 6.07) is 7.06. The first-order valence-corrected chi connectivity index (χ1v) is 6.97. The Kier molecular flexibility index (Phi) is 5.19. The molecule has 19 heavy (non-hydrogen) atoms. The van der Waals surface area contributed by atoms with E-state index in [0.717, 1.165) is 19.3 Å². The Balaban J connectivity index is 1.70. The highest BCUT2D eigenvalue weighted by atomic mass is 35.5. The van der Waals surface area contributed by atoms with Crippen molar-refractivity contribution in [2.24, 2.45) is 5.92 Å². The molecule has 1 amide bonds. The van der Waals surface area contributed by atoms with E-state index in [2.05, 4.69) is 10.6 Å². The van der Waals surface area contributed by atoms with Crippen LogP contribution in [-0.2, 0) is 4.79 Å². The first kappa shape index (κ1) is 14.3. The molecular weight excluding hydrogens is 264 g/mol. The van der Waals surface area contributed by atoms with Gasteiger partial charge in [-0.3, -0.25) is 4.79 Å². The summed E-state index contributed by atoms with van der Waals surface area (Å²) >= 11 is 5.84. The Morgan fingerprint density at radius 2 is 2.26 bits per heavy atom. The van der Waals surface area contributed by atoms with E-state index in [1.807, 2.05) is 0 Å². The number of rotatable bonds is 5. The van der Waals surface area contributed by atoms with Crippen LogP contribution in [0.25, 0.3) is 0 Å². The summed E-state index contributed by atoms with van der Waals surface area (Å²) in [7, 11) is 0. The molecule has 0 bridgehead atoms. The lowest BCUT2D eigenvalue weighted by atomic mass is 10.1. The maximum absolute atomic E-state index is 11.7. The lowest BCUT2D eigenvalue weighted by Crippen LogP contribution is -2.34. The maximum atomic E-state index is 11.7. The van der Waals surface area contributed by atoms with E-state index < -0.39 is 0 Å². The fourth-order valence-corrected chi connectivity index (χ4v) is 2.59. The second-order valence-electron chi connectivity index (χ2n) is 4.95. The number of amides is 1. The number of benzene rings is 1. The molecule has 2 atom stereocenters. The van der Waals surface area contributed by atoms with Crippen LogP contribution in [0.15, 0.2) is 24.3 Å². The second kappa shape index (κ2) is 6.89. The number of nitrogens with one attached hydrogen (secondary N) is 2. The minimum Gasteiger partial charge on any atom is -0.393 e. The van der Waals surface area contributed by atoms with Crippen LogP contribution >= 0.6 is 11.6 Å². The van der Waals surface area contributed by atoms with Crippen molar-refractivity contribution in [3.8, 4) is 0 Å². The highest BCUT2D eigenvalue weighted by Gasteiger charge is 2.24. The summed E-state index contributed by atoms with van der Waals surface area (Å²) in [5, 5.41) is 16.1. The van der Waals surface area contributed by atoms with Gasteiger partial charge in [0.1, 0.15) is 0 Å². The third kappa shape index (κ3) is 4.49. The van der Waals surface area contributed by atoms with Gasteiger partial charge < -0.3 is 15.7 Å². The number of aliphatic hydroxyl groups is 1. The minimum atomic E-state index is -0.219. The van der Waals surface area contributed by atoms with Gasteiger partial charge in [0.05, 0.1) is 12.6 Å². The Morgan fingerprint density at radius 3 is 2.95 bits per heavy atom. The van der Waals surface area contributed by atoms with Crippen LogP contribution in [0.4, 0.5) is 5.69 Å². The molecule has 4 nitrogen and oxygen atoms in total. The molecule has 1 aromatic carbocycles. The quantitative estimate of drug-likeness (QED) is 0.774. The largest absolute Gasteiger partial charge is 0.393 e. The highest BCUT2D eigenvalue weighted by molar-refractivity contribution is 6.30. The van der Waals surface area contributed by atoms with Gasteiger partial charge in [-0.15, -0.1) is 0 Å². The molecule has 3 N–H and O–H groups in total. The molecule has 0 aliphatic heterocycles. The molecule has 5 heteroatoms. The average Bonchev–Trinajstić information content (AvgIpc) is 2.75. The van der Waals surface area contributed by atoms with E-state index in [0.29, 0.717) is 17.3 Å². The molecule has 0 heterocycles. The monoisotopic (exact) mass is 282 g/mol. The molecule has 2 unspecified atom stereocenters. The first-order chi connectivity index (χ1) is 9.15. The number of anilines is 1. The zero-order chi connectivity index (χ0) is 13.7. The molecule has 0 aromatic heterocycles. The van der Waals surface area contributed by atoms with Crippen molar-refractivity contribution in [3.63, 3.8) is 0 Å². The van der Waals surface area contributed by atoms with Gasteiger partial charge in [-0.25, -0.2) is 0 Å². The predicted octanol–water partition coefficient (Wildman–Crippen LogP) is 2.03. The topological polar surface area (TPSA) is 61.4 Å². The summed E-state index contributed by atoms with van der Waals surface area (Å²) in [4.78, 5) is 11.7. The molecule has 1 aromatic rings. The number of hydrogen-bond acceptors (Lipinski definition) is 3. The van der Waals surface area contributed by atoms with Crippen LogP contribution in [0.1, 0.15) is 19.3 Å². The number of carbonyl (C=O) groups is 1. The van der Waals surface area contributed by atoms with Gasteiger partial charge >= 0.3 is 0 Å². The van der Waals surface area contributed by atoms with Gasteiger partial charge in [0.25, 0.3) is 0 Å². The SMILES string of the molecule is O=C(CNCC1CCCC1O)Nc1cccc(Cl)c1. The highest BCUT2D eigenvalue weighted by Crippen LogP contribution is 2.24. The lowest BCUT2D eigenvalue weighted by molar-refractivity contribution is -0.115. The van der Waals surface area contributed by atoms with Gasteiger partial charge in [0.15, 0.2) is 0 Å². The number of halogens is 1. The molecule has 104 valence electrons. The van der Waals surface area contributed by atoms with Gasteiger partial charge in [0, 0.05) is 17.3 Å². The Bertz CT molecular complexity index is 439. The molecule has 2 rings (SSSR count). The summed E-state index contributed by atoms with van der Waals surface area (Å²) in [6.07, 6.45) is 2.76. The van der Waals surface area contributed by atoms with Gasteiger partial charge in [0.2, 0.25) is 5.91 Å². The van der Waals surface area contributed by atoms with E-state index >= 15 is 0 Å². The van der Waals surface area contributed by atoms with Gasteiger partial charge in [-0.1, -0.05) is 24.1 Å². The average molecular weight is 283 g/mol. The molecule has 1 aliphatic carbocycles. The number of hydrogen-bond donors (Lipinski definition) is 3. The van der Waals surface area contributed by atoms with Crippen molar-refractivity contribution in [2.75, 3.05) is 18.4 Å². The normalized spacial score (nSPS) is 22.4. The van der Waals surface area contributed by atoms with Crippen molar-refractivity contribution in [1.29, 1.82) is 0 Å². The van der Waals surface area contributed by atoms with E-state index in [9.17, 15) is 9.90 Å². The Labute approximate surface area is 118 Å². The summed E-state index contributed by atoms with van der Waals surface area (Å²) < 4.78 is 0. The van der Waals surface area contributed by atoms with Gasteiger partial charge in [-0.05, 0) is 37.0 Å². The van der Waals surface area contributed by atoms with Crippen LogP contribution < -0.4 is 10.6 Å². The van der Waals surface area contributed by atoms with E-state index in [4.69, 9.17) is 11.6 Å². The molecular formula is C14H19ClN2O2. The first-order valence-electron chi connectivity index (χ1n) is 6.59. The maximum Gasteiger partial charge on any atom is 0.238 e. The molecule has 1 saturated carbocycles. The molecule has 1 aliphatic rings. The van der Waals surface area contributed by atoms with Crippen LogP contribution in [0.2, 0.25) is 5.02 Å². The fourth-order valence-electron chi connectivity index (χ4n) is 2.40. The van der Waals surface area contributed by atoms with E-state index in [-0.39, 0.29) is 24.5 Å². The summed E-state index contributed by atoms with van der Waals surface area (Å²) in [5.74, 6) is 0.175. The molecule has 0 spiro atoms. The van der Waals surface area contributed by atoms with Crippen molar-refractivity contribution in [1.82, 2.24) is 5.32 Å². The van der Waals surface area contributed by atoms with E-state index in [1.165, 1.54) is 0 Å². The zero-order valence-corrected chi connectivity index (χ0v) is 11.5. The molecule has 0 saturated heterocycles. The van der Waals surface area contributed by atoms with E-state index in [1.54, 1.807) is 24.3 Å². The fraction of sp³-hybridized carbons (Fsp3) is 0.500. The van der Waals surface area contributed by atoms with Crippen LogP contribution in [0.5, 0.6) is 0 Å². The Morgan fingerprint density at radius 1 is 1.42 bits per heavy atom. The standard InChI is InChI=1S/C14H19ClN2O2/c15-11-4-2-5-12(7-11)17-14(19)9-16-8-10-3-1-6-13(10)18/h2,4-5,7,10,13,16,18H,1,3,6,8-9H2,(H,17,19). The third-order valence-corrected chi connectivity index (χ3v) is 3.65. The molecule has 1 fully saturated rings. The molecule has 0 radical (unpaired) electrons. The van der Waals surface area contributed by atoms with Crippen molar-refractivity contribution in [2.45, 2.75) is 25.4 Å².